The van der Waals surface area contributed by atoms with Crippen molar-refractivity contribution in [1.82, 2.24) is 4.98 Å². The molecule has 0 unspecified atom stereocenters. The Labute approximate surface area is 116 Å². The predicted molar refractivity (Wildman–Crippen MR) is 75.2 cm³/mol. The third-order valence-corrected chi connectivity index (χ3v) is 3.73. The summed E-state index contributed by atoms with van der Waals surface area (Å²) in [5, 5.41) is 3.94. The van der Waals surface area contributed by atoms with Crippen LogP contribution in [0.25, 0.3) is 10.9 Å². The fourth-order valence-electron chi connectivity index (χ4n) is 2.58. The van der Waals surface area contributed by atoms with E-state index in [2.05, 4.69) is 10.3 Å². The number of esters is 1. The van der Waals surface area contributed by atoms with Gasteiger partial charge < -0.3 is 15.0 Å². The maximum Gasteiger partial charge on any atom is 0.307 e. The van der Waals surface area contributed by atoms with Gasteiger partial charge in [-0.3, -0.25) is 9.59 Å². The van der Waals surface area contributed by atoms with Crippen LogP contribution in [0, 0.1) is 5.92 Å². The molecule has 0 saturated carbocycles. The minimum atomic E-state index is -0.752. The first kappa shape index (κ1) is 12.7. The lowest BCUT2D eigenvalue weighted by Gasteiger charge is -2.23. The number of hydrogen-bond donors (Lipinski definition) is 2. The average molecular weight is 272 g/mol. The Hall–Kier alpha value is -2.30. The number of fused-ring (bicyclic) bond motifs is 1. The van der Waals surface area contributed by atoms with E-state index in [1.165, 1.54) is 0 Å². The van der Waals surface area contributed by atoms with E-state index in [-0.39, 0.29) is 18.3 Å². The smallest absolute Gasteiger partial charge is 0.307 e. The highest BCUT2D eigenvalue weighted by atomic mass is 16.6. The van der Waals surface area contributed by atoms with Crippen LogP contribution >= 0.6 is 0 Å². The summed E-state index contributed by atoms with van der Waals surface area (Å²) in [4.78, 5) is 26.8. The Bertz CT molecular complexity index is 687. The van der Waals surface area contributed by atoms with Gasteiger partial charge in [0.25, 0.3) is 0 Å². The molecular weight excluding hydrogens is 256 g/mol. The minimum Gasteiger partial charge on any atom is -0.459 e. The van der Waals surface area contributed by atoms with Gasteiger partial charge in [0.1, 0.15) is 5.60 Å². The van der Waals surface area contributed by atoms with Gasteiger partial charge in [-0.2, -0.15) is 0 Å². The van der Waals surface area contributed by atoms with Gasteiger partial charge in [-0.05, 0) is 37.4 Å². The molecule has 1 aliphatic rings. The molecule has 2 N–H and O–H groups in total. The molecule has 0 spiro atoms. The number of carbonyl (C=O) groups excluding carboxylic acids is 2. The second-order valence-corrected chi connectivity index (χ2v) is 5.60. The number of carbonyl (C=O) groups is 2. The summed E-state index contributed by atoms with van der Waals surface area (Å²) in [5.41, 5.74) is 0.915. The number of anilines is 1. The van der Waals surface area contributed by atoms with E-state index in [0.717, 1.165) is 10.9 Å². The monoisotopic (exact) mass is 272 g/mol. The van der Waals surface area contributed by atoms with Gasteiger partial charge in [-0.1, -0.05) is 6.07 Å². The first-order chi connectivity index (χ1) is 9.45. The quantitative estimate of drug-likeness (QED) is 0.825. The molecule has 1 aromatic carbocycles. The van der Waals surface area contributed by atoms with Crippen LogP contribution in [0.1, 0.15) is 20.3 Å². The summed E-state index contributed by atoms with van der Waals surface area (Å²) in [6, 6.07) is 7.62. The van der Waals surface area contributed by atoms with Crippen LogP contribution in [-0.4, -0.2) is 22.5 Å². The lowest BCUT2D eigenvalue weighted by molar-refractivity contribution is -0.147. The van der Waals surface area contributed by atoms with Crippen LogP contribution in [0.5, 0.6) is 0 Å². The number of aromatic nitrogens is 1. The summed E-state index contributed by atoms with van der Waals surface area (Å²) >= 11 is 0. The summed E-state index contributed by atoms with van der Waals surface area (Å²) in [7, 11) is 0. The van der Waals surface area contributed by atoms with Crippen LogP contribution in [-0.2, 0) is 14.3 Å². The second kappa shape index (κ2) is 4.37. The Balaban J connectivity index is 1.80. The van der Waals surface area contributed by atoms with Crippen molar-refractivity contribution < 1.29 is 14.3 Å². The van der Waals surface area contributed by atoms with Crippen LogP contribution < -0.4 is 5.32 Å². The van der Waals surface area contributed by atoms with Crippen molar-refractivity contribution in [3.63, 3.8) is 0 Å². The molecular formula is C15H16N2O3. The van der Waals surface area contributed by atoms with Crippen molar-refractivity contribution in [2.24, 2.45) is 5.92 Å². The highest BCUT2D eigenvalue weighted by Gasteiger charge is 2.46. The van der Waals surface area contributed by atoms with Crippen molar-refractivity contribution in [2.45, 2.75) is 25.9 Å². The van der Waals surface area contributed by atoms with E-state index < -0.39 is 11.5 Å². The number of benzene rings is 1. The van der Waals surface area contributed by atoms with E-state index in [1.807, 2.05) is 30.5 Å². The molecule has 1 amide bonds. The van der Waals surface area contributed by atoms with E-state index in [1.54, 1.807) is 13.8 Å². The molecule has 2 heterocycles. The zero-order valence-corrected chi connectivity index (χ0v) is 11.4. The largest absolute Gasteiger partial charge is 0.459 e. The second-order valence-electron chi connectivity index (χ2n) is 5.60. The van der Waals surface area contributed by atoms with Crippen molar-refractivity contribution in [3.8, 4) is 0 Å². The fraction of sp³-hybridized carbons (Fsp3) is 0.333. The molecule has 5 heteroatoms. The summed E-state index contributed by atoms with van der Waals surface area (Å²) in [6.45, 7) is 3.52. The molecule has 1 aromatic heterocycles. The van der Waals surface area contributed by atoms with Crippen LogP contribution in [0.3, 0.4) is 0 Å². The molecule has 0 radical (unpaired) electrons. The number of aromatic amines is 1. The highest BCUT2D eigenvalue weighted by Crippen LogP contribution is 2.33. The summed E-state index contributed by atoms with van der Waals surface area (Å²) in [6.07, 6.45) is 1.98. The number of cyclic esters (lactones) is 1. The van der Waals surface area contributed by atoms with Gasteiger partial charge in [-0.25, -0.2) is 0 Å². The molecule has 0 bridgehead atoms. The van der Waals surface area contributed by atoms with Crippen molar-refractivity contribution in [1.29, 1.82) is 0 Å². The van der Waals surface area contributed by atoms with Gasteiger partial charge >= 0.3 is 5.97 Å². The van der Waals surface area contributed by atoms with Crippen molar-refractivity contribution in [2.75, 3.05) is 5.32 Å². The molecule has 5 nitrogen and oxygen atoms in total. The zero-order valence-electron chi connectivity index (χ0n) is 11.4. The third-order valence-electron chi connectivity index (χ3n) is 3.73. The predicted octanol–water partition coefficient (Wildman–Crippen LogP) is 2.45. The Morgan fingerprint density at radius 3 is 2.90 bits per heavy atom. The number of H-pyrrole nitrogens is 1. The number of amides is 1. The molecule has 3 rings (SSSR count). The first-order valence-electron chi connectivity index (χ1n) is 6.55. The Kier molecular flexibility index (Phi) is 2.78. The van der Waals surface area contributed by atoms with Crippen LogP contribution in [0.15, 0.2) is 30.5 Å². The number of hydrogen-bond acceptors (Lipinski definition) is 3. The van der Waals surface area contributed by atoms with Crippen LogP contribution in [0.4, 0.5) is 5.69 Å². The lowest BCUT2D eigenvalue weighted by atomic mass is 9.90. The zero-order chi connectivity index (χ0) is 14.3. The molecule has 20 heavy (non-hydrogen) atoms. The van der Waals surface area contributed by atoms with Gasteiger partial charge in [0.2, 0.25) is 5.91 Å². The van der Waals surface area contributed by atoms with Crippen molar-refractivity contribution in [3.05, 3.63) is 30.5 Å². The fourth-order valence-corrected chi connectivity index (χ4v) is 2.58. The number of ether oxygens (including phenoxy) is 1. The average Bonchev–Trinajstić information content (AvgIpc) is 2.92. The molecule has 1 fully saturated rings. The summed E-state index contributed by atoms with van der Waals surface area (Å²) in [5.74, 6) is -0.976. The Morgan fingerprint density at radius 2 is 2.20 bits per heavy atom. The Morgan fingerprint density at radius 1 is 1.40 bits per heavy atom. The number of nitrogens with one attached hydrogen (secondary N) is 2. The van der Waals surface area contributed by atoms with Gasteiger partial charge in [0.05, 0.1) is 12.3 Å². The third kappa shape index (κ3) is 2.15. The van der Waals surface area contributed by atoms with Crippen molar-refractivity contribution >= 4 is 28.5 Å². The SMILES string of the molecule is CC1(C)OC(=O)C[C@@H]1C(=O)Nc1ccc2cc[nH]c2c1. The minimum absolute atomic E-state index is 0.129. The molecule has 104 valence electrons. The van der Waals surface area contributed by atoms with E-state index >= 15 is 0 Å². The van der Waals surface area contributed by atoms with E-state index in [0.29, 0.717) is 5.69 Å². The molecule has 1 atom stereocenters. The maximum atomic E-state index is 12.3. The lowest BCUT2D eigenvalue weighted by Crippen LogP contribution is -2.36. The maximum absolute atomic E-state index is 12.3. The molecule has 2 aromatic rings. The van der Waals surface area contributed by atoms with Gasteiger partial charge in [0, 0.05) is 17.4 Å². The normalized spacial score (nSPS) is 20.9. The first-order valence-corrected chi connectivity index (χ1v) is 6.55. The van der Waals surface area contributed by atoms with Gasteiger partial charge in [0.15, 0.2) is 0 Å². The standard InChI is InChI=1S/C15H16N2O3/c1-15(2)11(8-13(18)20-15)14(19)17-10-4-3-9-5-6-16-12(9)7-10/h3-7,11,16H,8H2,1-2H3,(H,17,19)/t11-/m1/s1. The van der Waals surface area contributed by atoms with Crippen LogP contribution in [0.2, 0.25) is 0 Å². The van der Waals surface area contributed by atoms with Gasteiger partial charge in [-0.15, -0.1) is 0 Å². The highest BCUT2D eigenvalue weighted by molar-refractivity contribution is 5.98. The number of rotatable bonds is 2. The molecule has 1 aliphatic heterocycles. The molecule has 1 saturated heterocycles. The van der Waals surface area contributed by atoms with E-state index in [4.69, 9.17) is 4.74 Å². The van der Waals surface area contributed by atoms with E-state index in [9.17, 15) is 9.59 Å². The summed E-state index contributed by atoms with van der Waals surface area (Å²) < 4.78 is 5.17. The molecule has 0 aliphatic carbocycles. The topological polar surface area (TPSA) is 71.2 Å².